The van der Waals surface area contributed by atoms with Crippen molar-refractivity contribution in [2.24, 2.45) is 7.05 Å². The zero-order valence-electron chi connectivity index (χ0n) is 16.9. The first kappa shape index (κ1) is 18.7. The van der Waals surface area contributed by atoms with Crippen LogP contribution in [-0.4, -0.2) is 40.3 Å². The predicted octanol–water partition coefficient (Wildman–Crippen LogP) is 2.60. The van der Waals surface area contributed by atoms with Gasteiger partial charge in [0.15, 0.2) is 5.65 Å². The zero-order chi connectivity index (χ0) is 20.8. The second-order valence-electron chi connectivity index (χ2n) is 7.91. The van der Waals surface area contributed by atoms with Crippen LogP contribution in [0, 0.1) is 6.92 Å². The molecule has 3 heterocycles. The molecule has 0 atom stereocenters. The minimum atomic E-state index is -0.280. The standard InChI is InChI=1S/C21H23N7O2/c1-12-9-16-17(23-8-7-22-16)10-15(12)25-20-24-11-18-19(26-20)28(21(30)27(18)2)13-3-5-14(29)6-4-13/h7-11,13-14,29H,3-6H2,1-2H3,(H,24,25,26)/t13-,14-. The van der Waals surface area contributed by atoms with Crippen LogP contribution >= 0.6 is 0 Å². The molecule has 9 heteroatoms. The molecule has 0 aliphatic heterocycles. The average Bonchev–Trinajstić information content (AvgIpc) is 2.99. The van der Waals surface area contributed by atoms with Crippen LogP contribution in [0.1, 0.15) is 37.3 Å². The predicted molar refractivity (Wildman–Crippen MR) is 114 cm³/mol. The summed E-state index contributed by atoms with van der Waals surface area (Å²) >= 11 is 0. The van der Waals surface area contributed by atoms with E-state index in [2.05, 4.69) is 25.3 Å². The summed E-state index contributed by atoms with van der Waals surface area (Å²) < 4.78 is 3.34. The van der Waals surface area contributed by atoms with Gasteiger partial charge in [-0.25, -0.2) is 9.78 Å². The maximum absolute atomic E-state index is 12.9. The lowest BCUT2D eigenvalue weighted by Gasteiger charge is -2.26. The number of aliphatic hydroxyl groups is 1. The normalized spacial score (nSPS) is 19.4. The van der Waals surface area contributed by atoms with Gasteiger partial charge in [-0.15, -0.1) is 0 Å². The molecule has 1 aliphatic carbocycles. The number of imidazole rings is 1. The highest BCUT2D eigenvalue weighted by molar-refractivity contribution is 5.82. The number of nitrogens with zero attached hydrogens (tertiary/aromatic N) is 6. The Morgan fingerprint density at radius 1 is 1.07 bits per heavy atom. The van der Waals surface area contributed by atoms with E-state index in [1.165, 1.54) is 0 Å². The van der Waals surface area contributed by atoms with Crippen molar-refractivity contribution in [3.8, 4) is 0 Å². The summed E-state index contributed by atoms with van der Waals surface area (Å²) in [7, 11) is 1.74. The molecule has 30 heavy (non-hydrogen) atoms. The van der Waals surface area contributed by atoms with Crippen molar-refractivity contribution in [3.05, 3.63) is 46.8 Å². The number of rotatable bonds is 3. The Kier molecular flexibility index (Phi) is 4.47. The van der Waals surface area contributed by atoms with E-state index in [0.29, 0.717) is 30.0 Å². The summed E-state index contributed by atoms with van der Waals surface area (Å²) in [6, 6.07) is 3.92. The first-order valence-electron chi connectivity index (χ1n) is 10.1. The number of aliphatic hydroxyl groups excluding tert-OH is 1. The Bertz CT molecular complexity index is 1300. The van der Waals surface area contributed by atoms with Crippen molar-refractivity contribution in [1.82, 2.24) is 29.1 Å². The molecule has 1 fully saturated rings. The molecular weight excluding hydrogens is 382 g/mol. The Hall–Kier alpha value is -3.33. The van der Waals surface area contributed by atoms with Gasteiger partial charge in [0.25, 0.3) is 0 Å². The number of benzene rings is 1. The minimum absolute atomic E-state index is 0.0324. The van der Waals surface area contributed by atoms with Crippen LogP contribution in [0.4, 0.5) is 11.6 Å². The van der Waals surface area contributed by atoms with Crippen LogP contribution in [0.15, 0.2) is 35.5 Å². The highest BCUT2D eigenvalue weighted by Gasteiger charge is 2.26. The van der Waals surface area contributed by atoms with Crippen molar-refractivity contribution in [3.63, 3.8) is 0 Å². The second kappa shape index (κ2) is 7.17. The van der Waals surface area contributed by atoms with Gasteiger partial charge in [0.1, 0.15) is 5.52 Å². The third-order valence-corrected chi connectivity index (χ3v) is 5.93. The Balaban J connectivity index is 1.56. The van der Waals surface area contributed by atoms with E-state index >= 15 is 0 Å². The molecule has 154 valence electrons. The van der Waals surface area contributed by atoms with Crippen molar-refractivity contribution < 1.29 is 5.11 Å². The number of aryl methyl sites for hydroxylation is 2. The first-order chi connectivity index (χ1) is 14.5. The molecule has 0 unspecified atom stereocenters. The molecule has 9 nitrogen and oxygen atoms in total. The lowest BCUT2D eigenvalue weighted by atomic mass is 9.93. The van der Waals surface area contributed by atoms with E-state index in [0.717, 1.165) is 35.1 Å². The fraction of sp³-hybridized carbons (Fsp3) is 0.381. The van der Waals surface area contributed by atoms with Gasteiger partial charge in [-0.3, -0.25) is 19.1 Å². The molecule has 0 bridgehead atoms. The van der Waals surface area contributed by atoms with Gasteiger partial charge >= 0.3 is 5.69 Å². The van der Waals surface area contributed by atoms with Crippen LogP contribution in [0.3, 0.4) is 0 Å². The van der Waals surface area contributed by atoms with Crippen LogP contribution < -0.4 is 11.0 Å². The van der Waals surface area contributed by atoms with Crippen molar-refractivity contribution >= 4 is 33.8 Å². The van der Waals surface area contributed by atoms with Crippen molar-refractivity contribution in [2.45, 2.75) is 44.8 Å². The SMILES string of the molecule is Cc1cc2nccnc2cc1Nc1ncc2c(n1)n([C@H]1CC[C@H](O)CC1)c(=O)n2C. The Morgan fingerprint density at radius 2 is 1.77 bits per heavy atom. The number of hydrogen-bond acceptors (Lipinski definition) is 7. The first-order valence-corrected chi connectivity index (χ1v) is 10.1. The van der Waals surface area contributed by atoms with E-state index in [9.17, 15) is 9.90 Å². The molecule has 4 aromatic rings. The summed E-state index contributed by atoms with van der Waals surface area (Å²) in [6.45, 7) is 1.99. The number of nitrogens with one attached hydrogen (secondary N) is 1. The number of hydrogen-bond donors (Lipinski definition) is 2. The molecule has 0 amide bonds. The van der Waals surface area contributed by atoms with Gasteiger partial charge < -0.3 is 10.4 Å². The molecule has 5 rings (SSSR count). The molecule has 1 aliphatic rings. The summed E-state index contributed by atoms with van der Waals surface area (Å²) in [4.78, 5) is 30.7. The van der Waals surface area contributed by atoms with Crippen molar-refractivity contribution in [1.29, 1.82) is 0 Å². The van der Waals surface area contributed by atoms with E-state index in [-0.39, 0.29) is 17.8 Å². The number of fused-ring (bicyclic) bond motifs is 2. The van der Waals surface area contributed by atoms with E-state index in [1.807, 2.05) is 19.1 Å². The van der Waals surface area contributed by atoms with E-state index in [4.69, 9.17) is 0 Å². The lowest BCUT2D eigenvalue weighted by molar-refractivity contribution is 0.110. The smallest absolute Gasteiger partial charge is 0.330 e. The fourth-order valence-corrected chi connectivity index (χ4v) is 4.21. The number of aromatic nitrogens is 6. The Morgan fingerprint density at radius 3 is 2.50 bits per heavy atom. The van der Waals surface area contributed by atoms with Crippen molar-refractivity contribution in [2.75, 3.05) is 5.32 Å². The summed E-state index contributed by atoms with van der Waals surface area (Å²) in [5.74, 6) is 0.420. The molecule has 0 spiro atoms. The largest absolute Gasteiger partial charge is 0.393 e. The second-order valence-corrected chi connectivity index (χ2v) is 7.91. The van der Waals surface area contributed by atoms with Crippen LogP contribution in [-0.2, 0) is 7.05 Å². The van der Waals surface area contributed by atoms with E-state index in [1.54, 1.807) is 34.8 Å². The topological polar surface area (TPSA) is 111 Å². The summed E-state index contributed by atoms with van der Waals surface area (Å²) in [5.41, 5.74) is 4.65. The minimum Gasteiger partial charge on any atom is -0.393 e. The lowest BCUT2D eigenvalue weighted by Crippen LogP contribution is -2.30. The third-order valence-electron chi connectivity index (χ3n) is 5.93. The maximum atomic E-state index is 12.9. The fourth-order valence-electron chi connectivity index (χ4n) is 4.21. The molecule has 3 aromatic heterocycles. The maximum Gasteiger partial charge on any atom is 0.330 e. The molecule has 2 N–H and O–H groups in total. The Labute approximate surface area is 172 Å². The molecular formula is C21H23N7O2. The van der Waals surface area contributed by atoms with Gasteiger partial charge in [0.05, 0.1) is 23.3 Å². The van der Waals surface area contributed by atoms with Crippen LogP contribution in [0.2, 0.25) is 0 Å². The van der Waals surface area contributed by atoms with Gasteiger partial charge in [0, 0.05) is 31.2 Å². The summed E-state index contributed by atoms with van der Waals surface area (Å²) in [6.07, 6.45) is 7.64. The summed E-state index contributed by atoms with van der Waals surface area (Å²) in [5, 5.41) is 13.1. The molecule has 1 saturated carbocycles. The zero-order valence-corrected chi connectivity index (χ0v) is 16.9. The van der Waals surface area contributed by atoms with Gasteiger partial charge in [0.2, 0.25) is 5.95 Å². The molecule has 1 aromatic carbocycles. The third kappa shape index (κ3) is 3.11. The van der Waals surface area contributed by atoms with Crippen LogP contribution in [0.5, 0.6) is 0 Å². The van der Waals surface area contributed by atoms with Crippen LogP contribution in [0.25, 0.3) is 22.2 Å². The highest BCUT2D eigenvalue weighted by atomic mass is 16.3. The number of anilines is 2. The molecule has 0 radical (unpaired) electrons. The van der Waals surface area contributed by atoms with E-state index < -0.39 is 0 Å². The highest BCUT2D eigenvalue weighted by Crippen LogP contribution is 2.30. The quantitative estimate of drug-likeness (QED) is 0.539. The molecule has 0 saturated heterocycles. The van der Waals surface area contributed by atoms with Gasteiger partial charge in [-0.1, -0.05) is 0 Å². The van der Waals surface area contributed by atoms with Gasteiger partial charge in [-0.2, -0.15) is 4.98 Å². The average molecular weight is 405 g/mol. The monoisotopic (exact) mass is 405 g/mol. The van der Waals surface area contributed by atoms with Gasteiger partial charge in [-0.05, 0) is 50.3 Å².